The van der Waals surface area contributed by atoms with E-state index in [-0.39, 0.29) is 12.5 Å². The van der Waals surface area contributed by atoms with Gasteiger partial charge in [-0.1, -0.05) is 12.1 Å². The number of nitrogens with zero attached hydrogens (tertiary/aromatic N) is 1. The third-order valence-corrected chi connectivity index (χ3v) is 4.00. The van der Waals surface area contributed by atoms with Crippen LogP contribution >= 0.6 is 0 Å². The maximum Gasteiger partial charge on any atom is 0.243 e. The number of fused-ring (bicyclic) bond motifs is 1. The van der Waals surface area contributed by atoms with E-state index in [1.54, 1.807) is 13.2 Å². The minimum absolute atomic E-state index is 0.129. The molecule has 1 heterocycles. The van der Waals surface area contributed by atoms with Gasteiger partial charge in [-0.2, -0.15) is 0 Å². The minimum atomic E-state index is -0.395. The van der Waals surface area contributed by atoms with Gasteiger partial charge in [0.15, 0.2) is 0 Å². The van der Waals surface area contributed by atoms with Crippen LogP contribution in [0.15, 0.2) is 42.5 Å². The molecule has 0 radical (unpaired) electrons. The van der Waals surface area contributed by atoms with Crippen LogP contribution in [0.3, 0.4) is 0 Å². The Labute approximate surface area is 147 Å². The normalized spacial score (nSPS) is 15.1. The Bertz CT molecular complexity index is 789. The monoisotopic (exact) mass is 341 g/mol. The molecule has 0 aromatic heterocycles. The number of nitrogens with two attached hydrogens (primary N) is 1. The average Bonchev–Trinajstić information content (AvgIpc) is 2.55. The first kappa shape index (κ1) is 17.0. The maximum absolute atomic E-state index is 12.6. The van der Waals surface area contributed by atoms with Crippen LogP contribution in [0.1, 0.15) is 13.8 Å². The van der Waals surface area contributed by atoms with Gasteiger partial charge in [0.1, 0.15) is 17.1 Å². The number of methoxy groups -OCH3 is 1. The van der Waals surface area contributed by atoms with Crippen molar-refractivity contribution in [1.82, 2.24) is 0 Å². The highest BCUT2D eigenvalue weighted by Crippen LogP contribution is 2.38. The predicted octanol–water partition coefficient (Wildman–Crippen LogP) is 2.89. The summed E-state index contributed by atoms with van der Waals surface area (Å²) in [6, 6.07) is 12.8. The quantitative estimate of drug-likeness (QED) is 0.836. The van der Waals surface area contributed by atoms with Gasteiger partial charge in [0.25, 0.3) is 0 Å². The number of ether oxygens (including phenoxy) is 2. The second kappa shape index (κ2) is 6.55. The summed E-state index contributed by atoms with van der Waals surface area (Å²) in [5.74, 6) is 1.23. The molecule has 2 aromatic rings. The van der Waals surface area contributed by atoms with E-state index in [0.29, 0.717) is 23.7 Å². The molecule has 3 N–H and O–H groups in total. The van der Waals surface area contributed by atoms with Crippen molar-refractivity contribution in [2.45, 2.75) is 19.4 Å². The highest BCUT2D eigenvalue weighted by molar-refractivity contribution is 5.95. The van der Waals surface area contributed by atoms with Crippen molar-refractivity contribution < 1.29 is 14.3 Å². The van der Waals surface area contributed by atoms with Crippen LogP contribution in [0.4, 0.5) is 17.1 Å². The van der Waals surface area contributed by atoms with Gasteiger partial charge in [-0.25, -0.2) is 0 Å². The molecule has 25 heavy (non-hydrogen) atoms. The molecule has 2 aromatic carbocycles. The number of nitrogen functional groups attached to an aromatic ring is 1. The third kappa shape index (κ3) is 3.79. The van der Waals surface area contributed by atoms with Crippen molar-refractivity contribution in [3.05, 3.63) is 42.5 Å². The number of amides is 1. The Kier molecular flexibility index (Phi) is 4.44. The molecule has 3 rings (SSSR count). The van der Waals surface area contributed by atoms with E-state index in [9.17, 15) is 4.79 Å². The van der Waals surface area contributed by atoms with Gasteiger partial charge < -0.3 is 25.4 Å². The van der Waals surface area contributed by atoms with Crippen LogP contribution in [0.25, 0.3) is 0 Å². The fourth-order valence-corrected chi connectivity index (χ4v) is 2.99. The van der Waals surface area contributed by atoms with Crippen LogP contribution in [0, 0.1) is 0 Å². The number of anilines is 3. The summed E-state index contributed by atoms with van der Waals surface area (Å²) in [6.45, 7) is 4.78. The molecule has 6 nitrogen and oxygen atoms in total. The summed E-state index contributed by atoms with van der Waals surface area (Å²) in [4.78, 5) is 14.6. The Morgan fingerprint density at radius 1 is 1.32 bits per heavy atom. The number of hydrogen-bond acceptors (Lipinski definition) is 5. The summed E-state index contributed by atoms with van der Waals surface area (Å²) >= 11 is 0. The largest absolute Gasteiger partial charge is 0.495 e. The van der Waals surface area contributed by atoms with E-state index >= 15 is 0 Å². The summed E-state index contributed by atoms with van der Waals surface area (Å²) in [6.07, 6.45) is 0. The standard InChI is InChI=1S/C19H23N3O3/c1-19(2)12-22(15-10-13(20)8-9-17(15)25-19)11-18(23)21-14-6-4-5-7-16(14)24-3/h4-10H,11-12,20H2,1-3H3,(H,21,23). The molecular formula is C19H23N3O3. The Hall–Kier alpha value is -2.89. The number of carbonyl (C=O) groups excluding carboxylic acids is 1. The highest BCUT2D eigenvalue weighted by atomic mass is 16.5. The van der Waals surface area contributed by atoms with Gasteiger partial charge >= 0.3 is 0 Å². The lowest BCUT2D eigenvalue weighted by atomic mass is 10.0. The Morgan fingerprint density at radius 3 is 2.84 bits per heavy atom. The number of carbonyl (C=O) groups is 1. The van der Waals surface area contributed by atoms with E-state index in [0.717, 1.165) is 11.4 Å². The van der Waals surface area contributed by atoms with Crippen LogP contribution in [-0.4, -0.2) is 31.7 Å². The first-order chi connectivity index (χ1) is 11.9. The van der Waals surface area contributed by atoms with Gasteiger partial charge in [0.05, 0.1) is 31.6 Å². The fraction of sp³-hybridized carbons (Fsp3) is 0.316. The van der Waals surface area contributed by atoms with E-state index in [1.807, 2.05) is 55.1 Å². The average molecular weight is 341 g/mol. The molecule has 0 spiro atoms. The summed E-state index contributed by atoms with van der Waals surface area (Å²) < 4.78 is 11.3. The number of hydrogen-bond donors (Lipinski definition) is 2. The number of benzene rings is 2. The number of nitrogens with one attached hydrogen (secondary N) is 1. The molecule has 6 heteroatoms. The molecule has 0 aliphatic carbocycles. The molecule has 1 amide bonds. The third-order valence-electron chi connectivity index (χ3n) is 4.00. The lowest BCUT2D eigenvalue weighted by Crippen LogP contribution is -2.49. The molecule has 0 atom stereocenters. The first-order valence-corrected chi connectivity index (χ1v) is 8.14. The zero-order valence-electron chi connectivity index (χ0n) is 14.7. The van der Waals surface area contributed by atoms with Gasteiger partial charge in [0.2, 0.25) is 5.91 Å². The van der Waals surface area contributed by atoms with Crippen molar-refractivity contribution in [3.8, 4) is 11.5 Å². The van der Waals surface area contributed by atoms with E-state index in [4.69, 9.17) is 15.2 Å². The highest BCUT2D eigenvalue weighted by Gasteiger charge is 2.32. The molecule has 1 aliphatic rings. The summed E-state index contributed by atoms with van der Waals surface area (Å²) in [7, 11) is 1.58. The van der Waals surface area contributed by atoms with Crippen LogP contribution < -0.4 is 25.4 Å². The molecule has 0 unspecified atom stereocenters. The lowest BCUT2D eigenvalue weighted by Gasteiger charge is -2.40. The first-order valence-electron chi connectivity index (χ1n) is 8.14. The van der Waals surface area contributed by atoms with Gasteiger partial charge in [-0.15, -0.1) is 0 Å². The molecule has 0 fully saturated rings. The fourth-order valence-electron chi connectivity index (χ4n) is 2.99. The van der Waals surface area contributed by atoms with Gasteiger partial charge in [-0.3, -0.25) is 4.79 Å². The van der Waals surface area contributed by atoms with Crippen LogP contribution in [-0.2, 0) is 4.79 Å². The van der Waals surface area contributed by atoms with Crippen molar-refractivity contribution in [2.24, 2.45) is 0 Å². The molecular weight excluding hydrogens is 318 g/mol. The molecule has 1 aliphatic heterocycles. The Morgan fingerprint density at radius 2 is 2.08 bits per heavy atom. The second-order valence-corrected chi connectivity index (χ2v) is 6.69. The van der Waals surface area contributed by atoms with Gasteiger partial charge in [0, 0.05) is 5.69 Å². The SMILES string of the molecule is COc1ccccc1NC(=O)CN1CC(C)(C)Oc2ccc(N)cc21. The summed E-state index contributed by atoms with van der Waals surface area (Å²) in [5.41, 5.74) is 7.62. The Balaban J connectivity index is 1.80. The van der Waals surface area contributed by atoms with Crippen molar-refractivity contribution >= 4 is 23.0 Å². The van der Waals surface area contributed by atoms with Gasteiger partial charge in [-0.05, 0) is 44.2 Å². The zero-order chi connectivity index (χ0) is 18.0. The molecule has 0 saturated heterocycles. The van der Waals surface area contributed by atoms with E-state index in [2.05, 4.69) is 5.32 Å². The van der Waals surface area contributed by atoms with Crippen LogP contribution in [0.2, 0.25) is 0 Å². The van der Waals surface area contributed by atoms with Crippen molar-refractivity contribution in [1.29, 1.82) is 0 Å². The van der Waals surface area contributed by atoms with E-state index < -0.39 is 5.60 Å². The minimum Gasteiger partial charge on any atom is -0.495 e. The van der Waals surface area contributed by atoms with E-state index in [1.165, 1.54) is 0 Å². The number of para-hydroxylation sites is 2. The number of rotatable bonds is 4. The molecule has 0 bridgehead atoms. The lowest BCUT2D eigenvalue weighted by molar-refractivity contribution is -0.115. The summed E-state index contributed by atoms with van der Waals surface area (Å²) in [5, 5.41) is 2.90. The molecule has 132 valence electrons. The topological polar surface area (TPSA) is 76.8 Å². The predicted molar refractivity (Wildman–Crippen MR) is 99.4 cm³/mol. The van der Waals surface area contributed by atoms with Crippen molar-refractivity contribution in [2.75, 3.05) is 36.1 Å². The zero-order valence-corrected chi connectivity index (χ0v) is 14.7. The maximum atomic E-state index is 12.6. The second-order valence-electron chi connectivity index (χ2n) is 6.69. The van der Waals surface area contributed by atoms with Crippen LogP contribution in [0.5, 0.6) is 11.5 Å². The van der Waals surface area contributed by atoms with Crippen molar-refractivity contribution in [3.63, 3.8) is 0 Å². The molecule has 0 saturated carbocycles. The smallest absolute Gasteiger partial charge is 0.243 e.